The number of nitrogens with one attached hydrogen (secondary N) is 1. The summed E-state index contributed by atoms with van der Waals surface area (Å²) in [4.78, 5) is 7.96. The number of aliphatic hydroxyl groups excluding tert-OH is 3. The lowest BCUT2D eigenvalue weighted by molar-refractivity contribution is 0.00210. The van der Waals surface area contributed by atoms with Crippen molar-refractivity contribution in [2.45, 2.75) is 24.5 Å². The minimum atomic E-state index is -0.961. The largest absolute Gasteiger partial charge is 0.396 e. The molecule has 19 heavy (non-hydrogen) atoms. The Hall–Kier alpha value is -1.77. The van der Waals surface area contributed by atoms with Crippen molar-refractivity contribution in [2.75, 3.05) is 12.3 Å². The molecule has 2 aromatic rings. The first-order chi connectivity index (χ1) is 9.13. The van der Waals surface area contributed by atoms with Gasteiger partial charge in [0.2, 0.25) is 0 Å². The van der Waals surface area contributed by atoms with E-state index in [4.69, 9.17) is 5.73 Å². The van der Waals surface area contributed by atoms with Gasteiger partial charge in [0.25, 0.3) is 0 Å². The molecule has 1 aliphatic carbocycles. The van der Waals surface area contributed by atoms with Gasteiger partial charge in [-0.05, 0) is 6.42 Å². The minimum absolute atomic E-state index is 0.169. The lowest BCUT2D eigenvalue weighted by atomic mass is 9.99. The second kappa shape index (κ2) is 4.41. The van der Waals surface area contributed by atoms with Gasteiger partial charge in [-0.1, -0.05) is 0 Å². The van der Waals surface area contributed by atoms with E-state index >= 15 is 0 Å². The highest BCUT2D eigenvalue weighted by Gasteiger charge is 2.43. The fourth-order valence-electron chi connectivity index (χ4n) is 2.72. The summed E-state index contributed by atoms with van der Waals surface area (Å²) in [5.41, 5.74) is 7.31. The molecule has 2 heterocycles. The van der Waals surface area contributed by atoms with Gasteiger partial charge >= 0.3 is 0 Å². The quantitative estimate of drug-likeness (QED) is 0.457. The van der Waals surface area contributed by atoms with E-state index in [1.54, 1.807) is 0 Å². The number of nitrogen functional groups attached to an aromatic ring is 1. The van der Waals surface area contributed by atoms with Crippen LogP contribution in [0.5, 0.6) is 0 Å². The van der Waals surface area contributed by atoms with E-state index in [0.717, 1.165) is 0 Å². The molecule has 0 bridgehead atoms. The van der Waals surface area contributed by atoms with Crippen LogP contribution in [-0.2, 0) is 0 Å². The highest BCUT2D eigenvalue weighted by Crippen LogP contribution is 2.40. The van der Waals surface area contributed by atoms with Crippen molar-refractivity contribution in [1.82, 2.24) is 20.2 Å². The van der Waals surface area contributed by atoms with E-state index in [-0.39, 0.29) is 24.3 Å². The van der Waals surface area contributed by atoms with Crippen molar-refractivity contribution < 1.29 is 15.3 Å². The average molecular weight is 265 g/mol. The van der Waals surface area contributed by atoms with E-state index in [2.05, 4.69) is 20.2 Å². The Labute approximate surface area is 108 Å². The summed E-state index contributed by atoms with van der Waals surface area (Å²) in [6.07, 6.45) is -0.123. The predicted octanol–water partition coefficient (Wildman–Crippen LogP) is -1.25. The summed E-state index contributed by atoms with van der Waals surface area (Å²) in [6, 6.07) is 0. The molecule has 8 heteroatoms. The molecule has 3 rings (SSSR count). The molecule has 0 aromatic carbocycles. The first-order valence-electron chi connectivity index (χ1n) is 6.05. The van der Waals surface area contributed by atoms with Crippen molar-refractivity contribution in [3.8, 4) is 0 Å². The Balaban J connectivity index is 2.04. The van der Waals surface area contributed by atoms with Gasteiger partial charge in [-0.2, -0.15) is 5.10 Å². The van der Waals surface area contributed by atoms with Gasteiger partial charge in [0.1, 0.15) is 11.8 Å². The Kier molecular flexibility index (Phi) is 2.85. The van der Waals surface area contributed by atoms with Crippen LogP contribution in [0.15, 0.2) is 6.33 Å². The number of hydrogen-bond donors (Lipinski definition) is 5. The van der Waals surface area contributed by atoms with Crippen LogP contribution in [0.2, 0.25) is 0 Å². The number of aromatic nitrogens is 4. The van der Waals surface area contributed by atoms with Crippen LogP contribution in [0.25, 0.3) is 11.0 Å². The number of hydrogen-bond acceptors (Lipinski definition) is 7. The summed E-state index contributed by atoms with van der Waals surface area (Å²) >= 11 is 0. The molecule has 1 aliphatic rings. The number of rotatable bonds is 2. The zero-order valence-electron chi connectivity index (χ0n) is 10.1. The number of aliphatic hydroxyl groups is 3. The van der Waals surface area contributed by atoms with Crippen LogP contribution in [-0.4, -0.2) is 54.3 Å². The number of anilines is 1. The van der Waals surface area contributed by atoms with Crippen LogP contribution >= 0.6 is 0 Å². The molecule has 0 saturated heterocycles. The Morgan fingerprint density at radius 3 is 2.74 bits per heavy atom. The monoisotopic (exact) mass is 265 g/mol. The van der Waals surface area contributed by atoms with E-state index in [0.29, 0.717) is 23.1 Å². The zero-order valence-corrected chi connectivity index (χ0v) is 10.1. The second-order valence-electron chi connectivity index (χ2n) is 4.86. The van der Waals surface area contributed by atoms with Gasteiger partial charge in [-0.25, -0.2) is 9.97 Å². The van der Waals surface area contributed by atoms with Gasteiger partial charge in [0, 0.05) is 18.4 Å². The highest BCUT2D eigenvalue weighted by atomic mass is 16.3. The molecule has 0 spiro atoms. The topological polar surface area (TPSA) is 141 Å². The summed E-state index contributed by atoms with van der Waals surface area (Å²) in [5, 5.41) is 36.0. The van der Waals surface area contributed by atoms with Crippen molar-refractivity contribution in [1.29, 1.82) is 0 Å². The maximum absolute atomic E-state index is 10.1. The van der Waals surface area contributed by atoms with E-state index in [1.807, 2.05) is 0 Å². The average Bonchev–Trinajstić information content (AvgIpc) is 2.94. The van der Waals surface area contributed by atoms with Gasteiger partial charge in [0.05, 0.1) is 17.9 Å². The minimum Gasteiger partial charge on any atom is -0.396 e. The van der Waals surface area contributed by atoms with Crippen LogP contribution in [0, 0.1) is 5.92 Å². The first-order valence-corrected chi connectivity index (χ1v) is 6.05. The highest BCUT2D eigenvalue weighted by molar-refractivity contribution is 5.85. The molecule has 0 amide bonds. The molecule has 6 N–H and O–H groups in total. The first kappa shape index (κ1) is 12.3. The van der Waals surface area contributed by atoms with Crippen LogP contribution in [0.4, 0.5) is 5.82 Å². The molecule has 102 valence electrons. The van der Waals surface area contributed by atoms with E-state index in [9.17, 15) is 15.3 Å². The molecule has 1 saturated carbocycles. The third-order valence-electron chi connectivity index (χ3n) is 3.80. The maximum Gasteiger partial charge on any atom is 0.155 e. The number of aromatic amines is 1. The molecule has 0 radical (unpaired) electrons. The van der Waals surface area contributed by atoms with Gasteiger partial charge in [-0.15, -0.1) is 0 Å². The lowest BCUT2D eigenvalue weighted by Crippen LogP contribution is -2.29. The smallest absolute Gasteiger partial charge is 0.155 e. The Morgan fingerprint density at radius 2 is 2.05 bits per heavy atom. The van der Waals surface area contributed by atoms with Crippen molar-refractivity contribution in [3.05, 3.63) is 12.0 Å². The SMILES string of the molecule is Nc1ncnc2c([C@@H]3C[C@@H](CO)[C@@H](O)[C@H]3O)[nH]nc12. The van der Waals surface area contributed by atoms with Gasteiger partial charge in [-0.3, -0.25) is 5.10 Å². The third-order valence-corrected chi connectivity index (χ3v) is 3.80. The molecule has 0 aliphatic heterocycles. The van der Waals surface area contributed by atoms with E-state index in [1.165, 1.54) is 6.33 Å². The Bertz CT molecular complexity index is 601. The lowest BCUT2D eigenvalue weighted by Gasteiger charge is -2.15. The number of nitrogens with zero attached hydrogens (tertiary/aromatic N) is 3. The molecular formula is C11H15N5O3. The van der Waals surface area contributed by atoms with Crippen LogP contribution in [0.1, 0.15) is 18.0 Å². The molecule has 2 aromatic heterocycles. The summed E-state index contributed by atoms with van der Waals surface area (Å²) < 4.78 is 0. The van der Waals surface area contributed by atoms with Crippen LogP contribution < -0.4 is 5.73 Å². The molecule has 4 atom stereocenters. The standard InChI is InChI=1S/C11H15N5O3/c12-11-8-7(13-3-14-11)6(15-16-8)5-1-4(2-17)9(18)10(5)19/h3-5,9-10,17-19H,1-2H2,(H,15,16)(H2,12,13,14)/t4-,5-,9+,10-/m0/s1. The van der Waals surface area contributed by atoms with Crippen molar-refractivity contribution in [3.63, 3.8) is 0 Å². The second-order valence-corrected chi connectivity index (χ2v) is 4.86. The number of fused-ring (bicyclic) bond motifs is 1. The van der Waals surface area contributed by atoms with Gasteiger partial charge < -0.3 is 21.1 Å². The summed E-state index contributed by atoms with van der Waals surface area (Å²) in [5.74, 6) is -0.441. The Morgan fingerprint density at radius 1 is 1.26 bits per heavy atom. The fourth-order valence-corrected chi connectivity index (χ4v) is 2.72. The number of H-pyrrole nitrogens is 1. The van der Waals surface area contributed by atoms with Gasteiger partial charge in [0.15, 0.2) is 11.3 Å². The van der Waals surface area contributed by atoms with Crippen LogP contribution in [0.3, 0.4) is 0 Å². The normalized spacial score (nSPS) is 31.1. The number of nitrogens with two attached hydrogens (primary N) is 1. The van der Waals surface area contributed by atoms with Crippen molar-refractivity contribution in [2.24, 2.45) is 5.92 Å². The molecular weight excluding hydrogens is 250 g/mol. The predicted molar refractivity (Wildman–Crippen MR) is 66.0 cm³/mol. The molecule has 0 unspecified atom stereocenters. The third kappa shape index (κ3) is 1.76. The van der Waals surface area contributed by atoms with Crippen molar-refractivity contribution >= 4 is 16.9 Å². The maximum atomic E-state index is 10.1. The fraction of sp³-hybridized carbons (Fsp3) is 0.545. The summed E-state index contributed by atoms with van der Waals surface area (Å²) in [6.45, 7) is -0.169. The molecule has 1 fully saturated rings. The van der Waals surface area contributed by atoms with E-state index < -0.39 is 12.2 Å². The zero-order chi connectivity index (χ0) is 13.6. The summed E-state index contributed by atoms with van der Waals surface area (Å²) in [7, 11) is 0. The molecule has 8 nitrogen and oxygen atoms in total.